The fourth-order valence-corrected chi connectivity index (χ4v) is 3.51. The lowest BCUT2D eigenvalue weighted by atomic mass is 10.2. The molecule has 0 saturated carbocycles. The van der Waals surface area contributed by atoms with E-state index < -0.39 is 0 Å². The van der Waals surface area contributed by atoms with Crippen molar-refractivity contribution >= 4 is 28.6 Å². The van der Waals surface area contributed by atoms with Crippen LogP contribution in [0.15, 0.2) is 58.5 Å². The first-order chi connectivity index (χ1) is 12.6. The van der Waals surface area contributed by atoms with Gasteiger partial charge in [0, 0.05) is 12.2 Å². The number of methoxy groups -OCH3 is 1. The zero-order valence-electron chi connectivity index (χ0n) is 14.3. The topological polar surface area (TPSA) is 87.2 Å². The minimum atomic E-state index is -0.373. The molecule has 3 rings (SSSR count). The molecule has 0 radical (unpaired) electrons. The van der Waals surface area contributed by atoms with Gasteiger partial charge >= 0.3 is 0 Å². The molecule has 0 unspecified atom stereocenters. The Hall–Kier alpha value is -2.80. The normalized spacial score (nSPS) is 10.8. The summed E-state index contributed by atoms with van der Waals surface area (Å²) in [7, 11) is 1.61. The Balaban J connectivity index is 2.00. The molecule has 2 aromatic carbocycles. The van der Waals surface area contributed by atoms with E-state index in [2.05, 4.69) is 4.98 Å². The summed E-state index contributed by atoms with van der Waals surface area (Å²) in [6, 6.07) is 14.8. The maximum atomic E-state index is 13.0. The van der Waals surface area contributed by atoms with Gasteiger partial charge in [0.15, 0.2) is 5.16 Å². The predicted octanol–water partition coefficient (Wildman–Crippen LogP) is 2.42. The number of aromatic nitrogens is 2. The summed E-state index contributed by atoms with van der Waals surface area (Å²) in [5.41, 5.74) is 6.71. The molecule has 134 valence electrons. The van der Waals surface area contributed by atoms with Gasteiger partial charge in [-0.25, -0.2) is 4.98 Å². The smallest absolute Gasteiger partial charge is 0.262 e. The van der Waals surface area contributed by atoms with Crippen LogP contribution in [0.25, 0.3) is 10.9 Å². The van der Waals surface area contributed by atoms with Crippen LogP contribution in [0.4, 0.5) is 0 Å². The lowest BCUT2D eigenvalue weighted by molar-refractivity contribution is -0.117. The fourth-order valence-electron chi connectivity index (χ4n) is 2.55. The molecule has 2 N–H and O–H groups in total. The summed E-state index contributed by atoms with van der Waals surface area (Å²) >= 11 is 1.36. The van der Waals surface area contributed by atoms with Crippen LogP contribution in [0.1, 0.15) is 12.0 Å². The maximum absolute atomic E-state index is 13.0. The van der Waals surface area contributed by atoms with Gasteiger partial charge in [0.05, 0.1) is 24.6 Å². The van der Waals surface area contributed by atoms with Crippen LogP contribution >= 0.6 is 11.8 Å². The van der Waals surface area contributed by atoms with Gasteiger partial charge in [-0.15, -0.1) is 0 Å². The van der Waals surface area contributed by atoms with Gasteiger partial charge < -0.3 is 10.5 Å². The molecule has 0 aliphatic carbocycles. The van der Waals surface area contributed by atoms with E-state index in [-0.39, 0.29) is 17.9 Å². The van der Waals surface area contributed by atoms with Crippen LogP contribution in [-0.2, 0) is 11.3 Å². The third kappa shape index (κ3) is 4.05. The average Bonchev–Trinajstić information content (AvgIpc) is 2.65. The molecule has 0 aliphatic rings. The predicted molar refractivity (Wildman–Crippen MR) is 103 cm³/mol. The lowest BCUT2D eigenvalue weighted by Crippen LogP contribution is -2.24. The van der Waals surface area contributed by atoms with E-state index in [4.69, 9.17) is 10.5 Å². The van der Waals surface area contributed by atoms with Gasteiger partial charge in [-0.3, -0.25) is 14.2 Å². The van der Waals surface area contributed by atoms with Crippen molar-refractivity contribution in [2.24, 2.45) is 5.73 Å². The highest BCUT2D eigenvalue weighted by molar-refractivity contribution is 7.99. The van der Waals surface area contributed by atoms with Gasteiger partial charge in [-0.1, -0.05) is 36.0 Å². The number of thioether (sulfide) groups is 1. The second-order valence-electron chi connectivity index (χ2n) is 5.72. The van der Waals surface area contributed by atoms with E-state index in [0.717, 1.165) is 11.3 Å². The third-order valence-corrected chi connectivity index (χ3v) is 4.88. The molecule has 3 aromatic rings. The first kappa shape index (κ1) is 18.0. The minimum absolute atomic E-state index is 0.104. The van der Waals surface area contributed by atoms with Gasteiger partial charge in [-0.2, -0.15) is 0 Å². The van der Waals surface area contributed by atoms with Crippen LogP contribution in [-0.4, -0.2) is 28.3 Å². The SMILES string of the molecule is COc1ccc(Cn2c(SCCC(N)=O)nc3ccccc3c2=O)cc1. The van der Waals surface area contributed by atoms with Crippen LogP contribution in [0.5, 0.6) is 5.75 Å². The highest BCUT2D eigenvalue weighted by Gasteiger charge is 2.12. The summed E-state index contributed by atoms with van der Waals surface area (Å²) in [4.78, 5) is 28.6. The van der Waals surface area contributed by atoms with Crippen molar-refractivity contribution in [1.82, 2.24) is 9.55 Å². The van der Waals surface area contributed by atoms with Crippen molar-refractivity contribution < 1.29 is 9.53 Å². The Morgan fingerprint density at radius 1 is 1.19 bits per heavy atom. The molecule has 26 heavy (non-hydrogen) atoms. The molecule has 6 nitrogen and oxygen atoms in total. The number of hydrogen-bond donors (Lipinski definition) is 1. The molecular formula is C19H19N3O3S. The van der Waals surface area contributed by atoms with Crippen LogP contribution in [0.3, 0.4) is 0 Å². The Bertz CT molecular complexity index is 983. The molecule has 0 saturated heterocycles. The summed E-state index contributed by atoms with van der Waals surface area (Å²) in [6.07, 6.45) is 0.232. The number of fused-ring (bicyclic) bond motifs is 1. The summed E-state index contributed by atoms with van der Waals surface area (Å²) in [5, 5.41) is 1.14. The number of nitrogens with zero attached hydrogens (tertiary/aromatic N) is 2. The van der Waals surface area contributed by atoms with E-state index in [1.165, 1.54) is 11.8 Å². The van der Waals surface area contributed by atoms with Gasteiger partial charge in [0.1, 0.15) is 5.75 Å². The Morgan fingerprint density at radius 2 is 1.92 bits per heavy atom. The number of amides is 1. The molecule has 0 spiro atoms. The molecule has 0 fully saturated rings. The number of carbonyl (C=O) groups is 1. The molecule has 0 bridgehead atoms. The zero-order chi connectivity index (χ0) is 18.5. The summed E-state index contributed by atoms with van der Waals surface area (Å²) < 4.78 is 6.81. The highest BCUT2D eigenvalue weighted by Crippen LogP contribution is 2.20. The third-order valence-electron chi connectivity index (χ3n) is 3.91. The Kier molecular flexibility index (Phi) is 5.58. The first-order valence-corrected chi connectivity index (χ1v) is 9.10. The number of carbonyl (C=O) groups excluding carboxylic acids is 1. The Labute approximate surface area is 155 Å². The van der Waals surface area contributed by atoms with Gasteiger partial charge in [-0.05, 0) is 29.8 Å². The quantitative estimate of drug-likeness (QED) is 0.510. The number of nitrogens with two attached hydrogens (primary N) is 1. The standard InChI is InChI=1S/C19H19N3O3S/c1-25-14-8-6-13(7-9-14)12-22-18(24)15-4-2-3-5-16(15)21-19(22)26-11-10-17(20)23/h2-9H,10-12H2,1H3,(H2,20,23). The van der Waals surface area contributed by atoms with Crippen molar-refractivity contribution in [3.05, 3.63) is 64.4 Å². The first-order valence-electron chi connectivity index (χ1n) is 8.12. The van der Waals surface area contributed by atoms with Crippen LogP contribution < -0.4 is 16.0 Å². The van der Waals surface area contributed by atoms with Crippen LogP contribution in [0, 0.1) is 0 Å². The number of benzene rings is 2. The molecule has 1 aromatic heterocycles. The average molecular weight is 369 g/mol. The molecule has 1 amide bonds. The van der Waals surface area contributed by atoms with E-state index in [1.54, 1.807) is 17.7 Å². The Morgan fingerprint density at radius 3 is 2.62 bits per heavy atom. The number of ether oxygens (including phenoxy) is 1. The number of para-hydroxylation sites is 1. The van der Waals surface area contributed by atoms with Crippen molar-refractivity contribution in [1.29, 1.82) is 0 Å². The molecular weight excluding hydrogens is 350 g/mol. The minimum Gasteiger partial charge on any atom is -0.497 e. The molecule has 1 heterocycles. The second-order valence-corrected chi connectivity index (χ2v) is 6.78. The van der Waals surface area contributed by atoms with Crippen molar-refractivity contribution in [2.45, 2.75) is 18.1 Å². The van der Waals surface area contributed by atoms with Gasteiger partial charge in [0.2, 0.25) is 5.91 Å². The van der Waals surface area contributed by atoms with E-state index in [1.807, 2.05) is 42.5 Å². The number of rotatable bonds is 7. The molecule has 0 aliphatic heterocycles. The monoisotopic (exact) mass is 369 g/mol. The zero-order valence-corrected chi connectivity index (χ0v) is 15.2. The second kappa shape index (κ2) is 8.05. The number of hydrogen-bond acceptors (Lipinski definition) is 5. The largest absolute Gasteiger partial charge is 0.497 e. The number of primary amides is 1. The van der Waals surface area contributed by atoms with Crippen LogP contribution in [0.2, 0.25) is 0 Å². The van der Waals surface area contributed by atoms with E-state index in [9.17, 15) is 9.59 Å². The fraction of sp³-hybridized carbons (Fsp3) is 0.211. The van der Waals surface area contributed by atoms with E-state index in [0.29, 0.717) is 28.4 Å². The summed E-state index contributed by atoms with van der Waals surface area (Å²) in [6.45, 7) is 0.388. The van der Waals surface area contributed by atoms with E-state index >= 15 is 0 Å². The molecule has 0 atom stereocenters. The van der Waals surface area contributed by atoms with Crippen molar-refractivity contribution in [3.8, 4) is 5.75 Å². The van der Waals surface area contributed by atoms with Crippen molar-refractivity contribution in [3.63, 3.8) is 0 Å². The van der Waals surface area contributed by atoms with Crippen molar-refractivity contribution in [2.75, 3.05) is 12.9 Å². The summed E-state index contributed by atoms with van der Waals surface area (Å²) in [5.74, 6) is 0.860. The van der Waals surface area contributed by atoms with Gasteiger partial charge in [0.25, 0.3) is 5.56 Å². The molecule has 7 heteroatoms. The highest BCUT2D eigenvalue weighted by atomic mass is 32.2. The maximum Gasteiger partial charge on any atom is 0.262 e. The lowest BCUT2D eigenvalue weighted by Gasteiger charge is -2.13.